The number of aliphatic carboxylic acids is 1. The lowest BCUT2D eigenvalue weighted by Crippen LogP contribution is -2.28. The molecule has 0 amide bonds. The maximum Gasteiger partial charge on any atom is 0.317 e. The maximum absolute atomic E-state index is 10.3. The maximum atomic E-state index is 10.3. The van der Waals surface area contributed by atoms with Gasteiger partial charge in [-0.15, -0.1) is 0 Å². The predicted molar refractivity (Wildman–Crippen MR) is 73.5 cm³/mol. The Bertz CT molecular complexity index is 152. The third kappa shape index (κ3) is 13.3. The highest BCUT2D eigenvalue weighted by Gasteiger charge is 2.22. The van der Waals surface area contributed by atoms with Crippen LogP contribution in [-0.4, -0.2) is 48.8 Å². The molecule has 1 saturated heterocycles. The summed E-state index contributed by atoms with van der Waals surface area (Å²) < 4.78 is 5.09. The fourth-order valence-electron chi connectivity index (χ4n) is 1.32. The van der Waals surface area contributed by atoms with Gasteiger partial charge in [-0.1, -0.05) is 41.5 Å². The first-order valence-corrected chi connectivity index (χ1v) is 6.69. The molecule has 4 heteroatoms. The van der Waals surface area contributed by atoms with Crippen molar-refractivity contribution in [3.8, 4) is 0 Å². The Morgan fingerprint density at radius 3 is 2.00 bits per heavy atom. The Morgan fingerprint density at radius 2 is 1.71 bits per heavy atom. The lowest BCUT2D eigenvalue weighted by molar-refractivity contribution is -0.138. The summed E-state index contributed by atoms with van der Waals surface area (Å²) in [5, 5.41) is 8.45. The minimum absolute atomic E-state index is 0.139. The van der Waals surface area contributed by atoms with Crippen LogP contribution in [0, 0.1) is 0 Å². The second kappa shape index (κ2) is 17.8. The number of nitrogens with zero attached hydrogens (tertiary/aromatic N) is 1. The quantitative estimate of drug-likeness (QED) is 0.835. The summed E-state index contributed by atoms with van der Waals surface area (Å²) in [5.41, 5.74) is 0. The molecule has 4 nitrogen and oxygen atoms in total. The highest BCUT2D eigenvalue weighted by Crippen LogP contribution is 2.10. The molecular formula is C13H31NO3. The van der Waals surface area contributed by atoms with E-state index in [-0.39, 0.29) is 12.6 Å². The number of carboxylic acid groups (broad SMARTS) is 1. The van der Waals surface area contributed by atoms with E-state index in [0.717, 1.165) is 19.5 Å². The summed E-state index contributed by atoms with van der Waals surface area (Å²) in [4.78, 5) is 12.2. The molecule has 0 bridgehead atoms. The zero-order chi connectivity index (χ0) is 14.3. The van der Waals surface area contributed by atoms with Crippen LogP contribution in [0.3, 0.4) is 0 Å². The number of hydrogen-bond acceptors (Lipinski definition) is 3. The van der Waals surface area contributed by atoms with Gasteiger partial charge in [0.1, 0.15) is 0 Å². The SMILES string of the molecule is CC.CC.CC.CO[C@H]1CCN(CC(=O)O)C1. The standard InChI is InChI=1S/C7H13NO3.3C2H6/c1-11-6-2-3-8(4-6)5-7(9)10;3*1-2/h6H,2-5H2,1H3,(H,9,10);3*1-2H3/t6-;;;/m0.../s1. The lowest BCUT2D eigenvalue weighted by Gasteiger charge is -2.11. The monoisotopic (exact) mass is 249 g/mol. The number of rotatable bonds is 3. The molecule has 1 aliphatic heterocycles. The molecule has 1 atom stereocenters. The van der Waals surface area contributed by atoms with Crippen molar-refractivity contribution in [3.05, 3.63) is 0 Å². The molecule has 1 N–H and O–H groups in total. The Hall–Kier alpha value is -0.610. The molecule has 17 heavy (non-hydrogen) atoms. The van der Waals surface area contributed by atoms with Gasteiger partial charge in [0.2, 0.25) is 0 Å². The average molecular weight is 249 g/mol. The van der Waals surface area contributed by atoms with Crippen LogP contribution in [0.4, 0.5) is 0 Å². The smallest absolute Gasteiger partial charge is 0.317 e. The fourth-order valence-corrected chi connectivity index (χ4v) is 1.32. The second-order valence-electron chi connectivity index (χ2n) is 2.78. The highest BCUT2D eigenvalue weighted by molar-refractivity contribution is 5.69. The van der Waals surface area contributed by atoms with Gasteiger partial charge >= 0.3 is 5.97 Å². The van der Waals surface area contributed by atoms with E-state index < -0.39 is 5.97 Å². The van der Waals surface area contributed by atoms with Crippen molar-refractivity contribution in [3.63, 3.8) is 0 Å². The van der Waals surface area contributed by atoms with Crippen LogP contribution in [0.2, 0.25) is 0 Å². The topological polar surface area (TPSA) is 49.8 Å². The molecule has 0 aromatic rings. The van der Waals surface area contributed by atoms with Crippen molar-refractivity contribution in [2.45, 2.75) is 54.1 Å². The number of methoxy groups -OCH3 is 1. The Kier molecular flexibility index (Phi) is 22.6. The summed E-state index contributed by atoms with van der Waals surface area (Å²) in [6.45, 7) is 13.7. The minimum Gasteiger partial charge on any atom is -0.480 e. The van der Waals surface area contributed by atoms with Gasteiger partial charge in [0.05, 0.1) is 12.6 Å². The van der Waals surface area contributed by atoms with E-state index in [1.54, 1.807) is 7.11 Å². The van der Waals surface area contributed by atoms with Crippen molar-refractivity contribution in [1.82, 2.24) is 4.90 Å². The normalized spacial score (nSPS) is 17.7. The summed E-state index contributed by atoms with van der Waals surface area (Å²) in [6, 6.07) is 0. The van der Waals surface area contributed by atoms with Gasteiger partial charge in [-0.2, -0.15) is 0 Å². The number of hydrogen-bond donors (Lipinski definition) is 1. The Balaban J connectivity index is -0.000000285. The van der Waals surface area contributed by atoms with E-state index in [1.807, 2.05) is 46.4 Å². The highest BCUT2D eigenvalue weighted by atomic mass is 16.5. The van der Waals surface area contributed by atoms with Gasteiger partial charge in [0, 0.05) is 20.2 Å². The van der Waals surface area contributed by atoms with Gasteiger partial charge in [-0.3, -0.25) is 9.69 Å². The van der Waals surface area contributed by atoms with Gasteiger partial charge in [-0.05, 0) is 6.42 Å². The fraction of sp³-hybridized carbons (Fsp3) is 0.923. The van der Waals surface area contributed by atoms with Crippen LogP contribution in [0.25, 0.3) is 0 Å². The first kappa shape index (κ1) is 21.7. The molecule has 0 aromatic carbocycles. The molecule has 1 aliphatic rings. The van der Waals surface area contributed by atoms with Crippen LogP contribution < -0.4 is 0 Å². The molecule has 0 unspecified atom stereocenters. The van der Waals surface area contributed by atoms with Gasteiger partial charge in [0.25, 0.3) is 0 Å². The number of likely N-dealkylation sites (tertiary alicyclic amines) is 1. The largest absolute Gasteiger partial charge is 0.480 e. The summed E-state index contributed by atoms with van der Waals surface area (Å²) >= 11 is 0. The molecule has 1 rings (SSSR count). The Morgan fingerprint density at radius 1 is 1.24 bits per heavy atom. The Labute approximate surface area is 107 Å². The van der Waals surface area contributed by atoms with Crippen LogP contribution in [0.1, 0.15) is 48.0 Å². The molecular weight excluding hydrogens is 218 g/mol. The van der Waals surface area contributed by atoms with E-state index >= 15 is 0 Å². The minimum atomic E-state index is -0.762. The van der Waals surface area contributed by atoms with E-state index in [1.165, 1.54) is 0 Å². The van der Waals surface area contributed by atoms with E-state index in [4.69, 9.17) is 9.84 Å². The van der Waals surface area contributed by atoms with Crippen LogP contribution >= 0.6 is 0 Å². The number of carboxylic acids is 1. The molecule has 0 aliphatic carbocycles. The predicted octanol–water partition coefficient (Wildman–Crippen LogP) is 2.87. The molecule has 0 radical (unpaired) electrons. The van der Waals surface area contributed by atoms with Crippen molar-refractivity contribution >= 4 is 5.97 Å². The van der Waals surface area contributed by atoms with Crippen molar-refractivity contribution in [1.29, 1.82) is 0 Å². The average Bonchev–Trinajstić information content (AvgIpc) is 2.83. The third-order valence-electron chi connectivity index (χ3n) is 1.92. The summed E-state index contributed by atoms with van der Waals surface area (Å²) in [6.07, 6.45) is 1.18. The van der Waals surface area contributed by atoms with Crippen molar-refractivity contribution in [2.24, 2.45) is 0 Å². The second-order valence-corrected chi connectivity index (χ2v) is 2.78. The zero-order valence-electron chi connectivity index (χ0n) is 12.6. The molecule has 1 fully saturated rings. The summed E-state index contributed by atoms with van der Waals surface area (Å²) in [5.74, 6) is -0.762. The molecule has 0 saturated carbocycles. The van der Waals surface area contributed by atoms with Crippen LogP contribution in [0.5, 0.6) is 0 Å². The molecule has 0 spiro atoms. The van der Waals surface area contributed by atoms with E-state index in [0.29, 0.717) is 0 Å². The van der Waals surface area contributed by atoms with Crippen molar-refractivity contribution in [2.75, 3.05) is 26.7 Å². The first-order valence-electron chi connectivity index (χ1n) is 6.69. The number of ether oxygens (including phenoxy) is 1. The molecule has 106 valence electrons. The van der Waals surface area contributed by atoms with Gasteiger partial charge < -0.3 is 9.84 Å². The van der Waals surface area contributed by atoms with Gasteiger partial charge in [0.15, 0.2) is 0 Å². The number of carbonyl (C=O) groups is 1. The molecule has 0 aromatic heterocycles. The molecule has 1 heterocycles. The first-order chi connectivity index (χ1) is 8.22. The zero-order valence-corrected chi connectivity index (χ0v) is 12.6. The van der Waals surface area contributed by atoms with Crippen molar-refractivity contribution < 1.29 is 14.6 Å². The van der Waals surface area contributed by atoms with Crippen LogP contribution in [0.15, 0.2) is 0 Å². The van der Waals surface area contributed by atoms with E-state index in [2.05, 4.69) is 0 Å². The summed E-state index contributed by atoms with van der Waals surface area (Å²) in [7, 11) is 1.66. The lowest BCUT2D eigenvalue weighted by atomic mass is 10.3. The van der Waals surface area contributed by atoms with Gasteiger partial charge in [-0.25, -0.2) is 0 Å². The third-order valence-corrected chi connectivity index (χ3v) is 1.92. The van der Waals surface area contributed by atoms with E-state index in [9.17, 15) is 4.79 Å². The van der Waals surface area contributed by atoms with Crippen LogP contribution in [-0.2, 0) is 9.53 Å².